The maximum atomic E-state index is 8.62. The van der Waals surface area contributed by atoms with Gasteiger partial charge in [0.1, 0.15) is 24.0 Å². The lowest BCUT2D eigenvalue weighted by atomic mass is 9.80. The highest BCUT2D eigenvalue weighted by atomic mass is 16.5. The average Bonchev–Trinajstić information content (AvgIpc) is 3.88. The van der Waals surface area contributed by atoms with Crippen LogP contribution in [0.5, 0.6) is 11.5 Å². The molecule has 2 aromatic heterocycles. The smallest absolute Gasteiger partial charge is 0.137 e. The van der Waals surface area contributed by atoms with Crippen LogP contribution in [0.15, 0.2) is 170 Å². The molecule has 0 aliphatic carbocycles. The van der Waals surface area contributed by atoms with Crippen LogP contribution < -0.4 is 14.5 Å². The van der Waals surface area contributed by atoms with E-state index in [0.29, 0.717) is 29.5 Å². The molecule has 5 heteroatoms. The summed E-state index contributed by atoms with van der Waals surface area (Å²) in [5, 5.41) is 2.08. The van der Waals surface area contributed by atoms with Crippen molar-refractivity contribution in [1.29, 1.82) is 0 Å². The number of hydrogen-bond donors (Lipinski definition) is 0. The fourth-order valence-electron chi connectivity index (χ4n) is 9.10. The van der Waals surface area contributed by atoms with Crippen molar-refractivity contribution in [2.75, 3.05) is 16.5 Å². The number of ether oxygens (including phenoxy) is 1. The molecule has 3 heterocycles. The number of aryl methyl sites for hydroxylation is 1. The predicted molar refractivity (Wildman–Crippen MR) is 279 cm³/mol. The van der Waals surface area contributed by atoms with Gasteiger partial charge in [0.05, 0.1) is 29.3 Å². The zero-order chi connectivity index (χ0) is 50.5. The molecule has 330 valence electrons. The number of fused-ring (bicyclic) bond motifs is 4. The molecule has 0 saturated heterocycles. The average molecular weight is 870 g/mol. The maximum Gasteiger partial charge on any atom is 0.137 e. The Bertz CT molecular complexity index is 3520. The van der Waals surface area contributed by atoms with Crippen LogP contribution in [0.4, 0.5) is 22.7 Å². The minimum Gasteiger partial charge on any atom is -0.457 e. The van der Waals surface area contributed by atoms with Gasteiger partial charge in [-0.25, -0.2) is 4.98 Å². The van der Waals surface area contributed by atoms with Crippen LogP contribution in [0.25, 0.3) is 49.9 Å². The van der Waals surface area contributed by atoms with Crippen LogP contribution in [0, 0.1) is 6.92 Å². The number of para-hydroxylation sites is 1. The number of pyridine rings is 1. The molecule has 5 nitrogen and oxygen atoms in total. The third-order valence-electron chi connectivity index (χ3n) is 13.0. The number of hydrogen-bond acceptors (Lipinski definition) is 4. The Labute approximate surface area is 398 Å². The Morgan fingerprint density at radius 3 is 1.86 bits per heavy atom. The number of nitrogens with zero attached hydrogens (tertiary/aromatic N) is 4. The van der Waals surface area contributed by atoms with Crippen LogP contribution in [-0.4, -0.2) is 16.2 Å². The van der Waals surface area contributed by atoms with E-state index in [1.807, 2.05) is 43.3 Å². The molecular weight excluding hydrogens is 805 g/mol. The molecule has 0 saturated carbocycles. The molecule has 0 bridgehead atoms. The Kier molecular flexibility index (Phi) is 9.06. The van der Waals surface area contributed by atoms with Crippen molar-refractivity contribution in [2.24, 2.45) is 0 Å². The summed E-state index contributed by atoms with van der Waals surface area (Å²) in [6, 6.07) is 45.8. The van der Waals surface area contributed by atoms with Gasteiger partial charge in [0, 0.05) is 46.0 Å². The van der Waals surface area contributed by atoms with Crippen LogP contribution in [0.1, 0.15) is 91.4 Å². The van der Waals surface area contributed by atoms with Crippen LogP contribution in [-0.2, 0) is 16.2 Å². The SMILES string of the molecule is [2H]c1c([2H])c([2H])c(-c2cnc(-n3c4ccccc4c4ccc(Oc5cccc(N6CN(c7cc(C(C)(C)C)cc(C(C)(C)C)c7)c7cc(-c8ccc(C(C)(C)C)cc8)ccc76)c5)cc43)cc2C)c([2H])c1[2H]. The molecule has 0 unspecified atom stereocenters. The molecule has 10 rings (SSSR count). The Balaban J connectivity index is 1.03. The lowest BCUT2D eigenvalue weighted by molar-refractivity contribution is 0.483. The van der Waals surface area contributed by atoms with Crippen molar-refractivity contribution in [3.05, 3.63) is 192 Å². The van der Waals surface area contributed by atoms with Crippen LogP contribution in [0.3, 0.4) is 0 Å². The minimum atomic E-state index is -0.422. The largest absolute Gasteiger partial charge is 0.457 e. The topological polar surface area (TPSA) is 33.5 Å². The summed E-state index contributed by atoms with van der Waals surface area (Å²) in [6.07, 6.45) is 1.61. The highest BCUT2D eigenvalue weighted by Gasteiger charge is 2.31. The van der Waals surface area contributed by atoms with Gasteiger partial charge in [-0.1, -0.05) is 153 Å². The zero-order valence-corrected chi connectivity index (χ0v) is 39.7. The highest BCUT2D eigenvalue weighted by molar-refractivity contribution is 6.09. The van der Waals surface area contributed by atoms with Crippen molar-refractivity contribution in [1.82, 2.24) is 9.55 Å². The summed E-state index contributed by atoms with van der Waals surface area (Å²) >= 11 is 0. The van der Waals surface area contributed by atoms with E-state index >= 15 is 0 Å². The van der Waals surface area contributed by atoms with Gasteiger partial charge in [-0.2, -0.15) is 0 Å². The summed E-state index contributed by atoms with van der Waals surface area (Å²) in [7, 11) is 0. The van der Waals surface area contributed by atoms with E-state index in [1.54, 1.807) is 6.20 Å². The standard InChI is InChI=1S/C61H60N4O/c1-40-31-58(62-38-53(40)42-17-12-11-13-18-42)65-54-22-15-14-21-51(54)52-29-28-50(37-56(52)65)66-49-20-16-19-47(36-49)63-39-64(48-34-45(60(5,6)7)33-46(35-48)61(8,9)10)57-32-43(25-30-55(57)63)41-23-26-44(27-24-41)59(2,3)4/h11-38H,39H2,1-10H3/i11D,12D,13D,17D,18D. The Morgan fingerprint density at radius 1 is 0.515 bits per heavy atom. The zero-order valence-electron chi connectivity index (χ0n) is 44.7. The first kappa shape index (κ1) is 37.1. The minimum absolute atomic E-state index is 0.0462. The first-order chi connectivity index (χ1) is 33.6. The molecule has 0 N–H and O–H groups in total. The summed E-state index contributed by atoms with van der Waals surface area (Å²) in [5.74, 6) is 1.99. The van der Waals surface area contributed by atoms with Crippen LogP contribution >= 0.6 is 0 Å². The first-order valence-electron chi connectivity index (χ1n) is 25.4. The van der Waals surface area contributed by atoms with Crippen molar-refractivity contribution >= 4 is 44.6 Å². The lowest BCUT2D eigenvalue weighted by Crippen LogP contribution is -2.25. The van der Waals surface area contributed by atoms with Gasteiger partial charge in [0.25, 0.3) is 0 Å². The van der Waals surface area contributed by atoms with Gasteiger partial charge in [0.15, 0.2) is 0 Å². The van der Waals surface area contributed by atoms with E-state index < -0.39 is 6.04 Å². The summed E-state index contributed by atoms with van der Waals surface area (Å²) in [4.78, 5) is 9.71. The Hall–Kier alpha value is -7.11. The highest BCUT2D eigenvalue weighted by Crippen LogP contribution is 2.48. The van der Waals surface area contributed by atoms with Gasteiger partial charge in [-0.15, -0.1) is 0 Å². The van der Waals surface area contributed by atoms with E-state index in [2.05, 4.69) is 174 Å². The van der Waals surface area contributed by atoms with Crippen molar-refractivity contribution in [3.63, 3.8) is 0 Å². The molecule has 1 aliphatic rings. The second-order valence-electron chi connectivity index (χ2n) is 20.8. The predicted octanol–water partition coefficient (Wildman–Crippen LogP) is 16.8. The molecule has 0 fully saturated rings. The monoisotopic (exact) mass is 870 g/mol. The molecule has 0 atom stereocenters. The summed E-state index contributed by atoms with van der Waals surface area (Å²) in [5.41, 5.74) is 13.8. The van der Waals surface area contributed by atoms with Crippen LogP contribution in [0.2, 0.25) is 0 Å². The van der Waals surface area contributed by atoms with E-state index in [4.69, 9.17) is 16.6 Å². The van der Waals surface area contributed by atoms with Crippen molar-refractivity contribution < 1.29 is 11.6 Å². The van der Waals surface area contributed by atoms with Gasteiger partial charge in [0.2, 0.25) is 0 Å². The van der Waals surface area contributed by atoms with Gasteiger partial charge >= 0.3 is 0 Å². The fraction of sp³-hybridized carbons (Fsp3) is 0.230. The number of benzene rings is 7. The quantitative estimate of drug-likeness (QED) is 0.160. The molecule has 0 radical (unpaired) electrons. The second-order valence-corrected chi connectivity index (χ2v) is 20.8. The number of rotatable bonds is 7. The number of anilines is 4. The molecular formula is C61H60N4O. The van der Waals surface area contributed by atoms with Gasteiger partial charge < -0.3 is 14.5 Å². The first-order valence-corrected chi connectivity index (χ1v) is 22.9. The second kappa shape index (κ2) is 16.1. The third-order valence-corrected chi connectivity index (χ3v) is 13.0. The fourth-order valence-corrected chi connectivity index (χ4v) is 9.10. The normalized spacial score (nSPS) is 14.2. The molecule has 7 aromatic carbocycles. The molecule has 1 aliphatic heterocycles. The third kappa shape index (κ3) is 8.02. The number of aromatic nitrogens is 2. The Morgan fingerprint density at radius 2 is 1.17 bits per heavy atom. The lowest BCUT2D eigenvalue weighted by Gasteiger charge is -2.29. The maximum absolute atomic E-state index is 8.62. The van der Waals surface area contributed by atoms with E-state index in [-0.39, 0.29) is 46.0 Å². The summed E-state index contributed by atoms with van der Waals surface area (Å²) in [6.45, 7) is 23.0. The molecule has 0 spiro atoms. The van der Waals surface area contributed by atoms with Crippen molar-refractivity contribution in [2.45, 2.75) is 85.5 Å². The molecule has 9 aromatic rings. The van der Waals surface area contributed by atoms with E-state index in [0.717, 1.165) is 50.1 Å². The van der Waals surface area contributed by atoms with Gasteiger partial charge in [-0.3, -0.25) is 4.57 Å². The van der Waals surface area contributed by atoms with E-state index in [9.17, 15) is 0 Å². The summed E-state index contributed by atoms with van der Waals surface area (Å²) < 4.78 is 50.7. The van der Waals surface area contributed by atoms with E-state index in [1.165, 1.54) is 27.8 Å². The van der Waals surface area contributed by atoms with Gasteiger partial charge in [-0.05, 0) is 123 Å². The molecule has 0 amide bonds. The molecule has 66 heavy (non-hydrogen) atoms. The van der Waals surface area contributed by atoms with Crippen molar-refractivity contribution in [3.8, 4) is 39.6 Å².